The van der Waals surface area contributed by atoms with Crippen molar-refractivity contribution < 1.29 is 8.42 Å². The highest BCUT2D eigenvalue weighted by Crippen LogP contribution is 2.31. The van der Waals surface area contributed by atoms with E-state index < -0.39 is 10.0 Å². The van der Waals surface area contributed by atoms with Gasteiger partial charge in [0.2, 0.25) is 10.0 Å². The van der Waals surface area contributed by atoms with Crippen LogP contribution in [0.25, 0.3) is 0 Å². The molecule has 1 fully saturated rings. The van der Waals surface area contributed by atoms with Crippen molar-refractivity contribution in [2.45, 2.75) is 49.5 Å². The molecule has 0 radical (unpaired) electrons. The summed E-state index contributed by atoms with van der Waals surface area (Å²) >= 11 is 6.62. The molecule has 0 amide bonds. The molecule has 106 valence electrons. The standard InChI is InChI=1S/C13H17Br2NO2S/c1-13(7-3-2-4-8-13)16-19(17,18)12-9-10(14)5-6-11(12)15/h5-6,9,16H,2-4,7-8H2,1H3. The minimum Gasteiger partial charge on any atom is -0.207 e. The number of nitrogens with one attached hydrogen (secondary N) is 1. The number of halogens is 2. The van der Waals surface area contributed by atoms with Crippen LogP contribution in [0, 0.1) is 0 Å². The van der Waals surface area contributed by atoms with E-state index in [0.29, 0.717) is 4.47 Å². The number of hydrogen-bond donors (Lipinski definition) is 1. The zero-order chi connectivity index (χ0) is 14.1. The Morgan fingerprint density at radius 2 is 1.79 bits per heavy atom. The molecular weight excluding hydrogens is 394 g/mol. The number of sulfonamides is 1. The topological polar surface area (TPSA) is 46.2 Å². The summed E-state index contributed by atoms with van der Waals surface area (Å²) in [6.45, 7) is 2.00. The summed E-state index contributed by atoms with van der Waals surface area (Å²) in [6.07, 6.45) is 5.16. The first-order valence-corrected chi connectivity index (χ1v) is 9.38. The maximum atomic E-state index is 12.5. The Morgan fingerprint density at radius 3 is 2.42 bits per heavy atom. The van der Waals surface area contributed by atoms with Gasteiger partial charge in [0.25, 0.3) is 0 Å². The summed E-state index contributed by atoms with van der Waals surface area (Å²) in [4.78, 5) is 0.286. The first-order chi connectivity index (χ1) is 8.82. The van der Waals surface area contributed by atoms with Crippen LogP contribution >= 0.6 is 31.9 Å². The largest absolute Gasteiger partial charge is 0.242 e. The SMILES string of the molecule is CC1(NS(=O)(=O)c2cc(Br)ccc2Br)CCCCC1. The molecule has 3 nitrogen and oxygen atoms in total. The highest BCUT2D eigenvalue weighted by atomic mass is 79.9. The molecule has 0 heterocycles. The molecule has 1 N–H and O–H groups in total. The van der Waals surface area contributed by atoms with Gasteiger partial charge >= 0.3 is 0 Å². The van der Waals surface area contributed by atoms with Crippen molar-refractivity contribution in [3.63, 3.8) is 0 Å². The van der Waals surface area contributed by atoms with Crippen LogP contribution in [-0.2, 0) is 10.0 Å². The maximum Gasteiger partial charge on any atom is 0.242 e. The fourth-order valence-electron chi connectivity index (χ4n) is 2.50. The van der Waals surface area contributed by atoms with Crippen LogP contribution in [0.4, 0.5) is 0 Å². The third-order valence-corrected chi connectivity index (χ3v) is 6.65. The van der Waals surface area contributed by atoms with E-state index in [1.807, 2.05) is 13.0 Å². The summed E-state index contributed by atoms with van der Waals surface area (Å²) in [5.74, 6) is 0. The van der Waals surface area contributed by atoms with Gasteiger partial charge in [0.15, 0.2) is 0 Å². The van der Waals surface area contributed by atoms with Gasteiger partial charge in [-0.25, -0.2) is 13.1 Å². The average molecular weight is 411 g/mol. The zero-order valence-electron chi connectivity index (χ0n) is 10.7. The van der Waals surface area contributed by atoms with Crippen molar-refractivity contribution in [1.29, 1.82) is 0 Å². The van der Waals surface area contributed by atoms with Crippen molar-refractivity contribution in [2.75, 3.05) is 0 Å². The molecule has 1 aliphatic carbocycles. The van der Waals surface area contributed by atoms with Crippen molar-refractivity contribution in [3.8, 4) is 0 Å². The quantitative estimate of drug-likeness (QED) is 0.810. The van der Waals surface area contributed by atoms with E-state index in [1.54, 1.807) is 12.1 Å². The van der Waals surface area contributed by atoms with Gasteiger partial charge < -0.3 is 0 Å². The third-order valence-electron chi connectivity index (χ3n) is 3.52. The van der Waals surface area contributed by atoms with E-state index in [9.17, 15) is 8.42 Å². The second-order valence-corrected chi connectivity index (χ2v) is 8.72. The van der Waals surface area contributed by atoms with Crippen molar-refractivity contribution in [1.82, 2.24) is 4.72 Å². The smallest absolute Gasteiger partial charge is 0.207 e. The summed E-state index contributed by atoms with van der Waals surface area (Å²) in [7, 11) is -3.50. The van der Waals surface area contributed by atoms with Gasteiger partial charge in [0.1, 0.15) is 0 Å². The Hall–Kier alpha value is 0.0900. The second kappa shape index (κ2) is 5.84. The Labute approximate surface area is 131 Å². The summed E-state index contributed by atoms with van der Waals surface area (Å²) in [6, 6.07) is 5.17. The number of rotatable bonds is 3. The van der Waals surface area contributed by atoms with Crippen LogP contribution in [0.2, 0.25) is 0 Å². The summed E-state index contributed by atoms with van der Waals surface area (Å²) in [5.41, 5.74) is -0.321. The Balaban J connectivity index is 2.29. The van der Waals surface area contributed by atoms with Crippen LogP contribution in [0.3, 0.4) is 0 Å². The summed E-state index contributed by atoms with van der Waals surface area (Å²) < 4.78 is 29.3. The van der Waals surface area contributed by atoms with Crippen LogP contribution in [0.5, 0.6) is 0 Å². The normalized spacial score (nSPS) is 19.3. The Kier molecular flexibility index (Phi) is 4.75. The molecule has 1 aromatic rings. The van der Waals surface area contributed by atoms with Crippen LogP contribution < -0.4 is 4.72 Å². The average Bonchev–Trinajstić information content (AvgIpc) is 2.31. The van der Waals surface area contributed by atoms with Gasteiger partial charge in [0, 0.05) is 14.5 Å². The zero-order valence-corrected chi connectivity index (χ0v) is 14.7. The van der Waals surface area contributed by atoms with Crippen LogP contribution in [0.15, 0.2) is 32.0 Å². The van der Waals surface area contributed by atoms with E-state index in [4.69, 9.17) is 0 Å². The van der Waals surface area contributed by atoms with Gasteiger partial charge in [-0.05, 0) is 53.9 Å². The fourth-order valence-corrected chi connectivity index (χ4v) is 5.46. The number of benzene rings is 1. The molecule has 6 heteroatoms. The molecule has 1 aromatic carbocycles. The fraction of sp³-hybridized carbons (Fsp3) is 0.538. The predicted octanol–water partition coefficient (Wildman–Crippen LogP) is 4.21. The third kappa shape index (κ3) is 3.80. The molecule has 0 aromatic heterocycles. The van der Waals surface area contributed by atoms with E-state index >= 15 is 0 Å². The summed E-state index contributed by atoms with van der Waals surface area (Å²) in [5, 5.41) is 0. The molecule has 1 aliphatic rings. The lowest BCUT2D eigenvalue weighted by Gasteiger charge is -2.34. The molecule has 0 unspecified atom stereocenters. The van der Waals surface area contributed by atoms with E-state index in [0.717, 1.165) is 30.2 Å². The van der Waals surface area contributed by atoms with E-state index in [1.165, 1.54) is 6.42 Å². The lowest BCUT2D eigenvalue weighted by molar-refractivity contribution is 0.294. The van der Waals surface area contributed by atoms with Gasteiger partial charge in [-0.2, -0.15) is 0 Å². The van der Waals surface area contributed by atoms with E-state index in [-0.39, 0.29) is 10.4 Å². The molecule has 0 spiro atoms. The maximum absolute atomic E-state index is 12.5. The molecule has 19 heavy (non-hydrogen) atoms. The minimum absolute atomic E-state index is 0.286. The Bertz CT molecular complexity index is 566. The Morgan fingerprint density at radius 1 is 1.16 bits per heavy atom. The van der Waals surface area contributed by atoms with Gasteiger partial charge in [-0.1, -0.05) is 35.2 Å². The highest BCUT2D eigenvalue weighted by molar-refractivity contribution is 9.11. The molecule has 0 aliphatic heterocycles. The highest BCUT2D eigenvalue weighted by Gasteiger charge is 2.32. The minimum atomic E-state index is -3.50. The first-order valence-electron chi connectivity index (χ1n) is 6.31. The lowest BCUT2D eigenvalue weighted by Crippen LogP contribution is -2.47. The van der Waals surface area contributed by atoms with Gasteiger partial charge in [-0.15, -0.1) is 0 Å². The molecule has 0 atom stereocenters. The van der Waals surface area contributed by atoms with Gasteiger partial charge in [0.05, 0.1) is 4.90 Å². The monoisotopic (exact) mass is 409 g/mol. The van der Waals surface area contributed by atoms with E-state index in [2.05, 4.69) is 36.6 Å². The molecule has 0 bridgehead atoms. The molecule has 0 saturated heterocycles. The second-order valence-electron chi connectivity index (χ2n) is 5.30. The first kappa shape index (κ1) is 15.5. The van der Waals surface area contributed by atoms with Crippen LogP contribution in [0.1, 0.15) is 39.0 Å². The molecule has 1 saturated carbocycles. The predicted molar refractivity (Wildman–Crippen MR) is 83.7 cm³/mol. The van der Waals surface area contributed by atoms with Crippen molar-refractivity contribution >= 4 is 41.9 Å². The van der Waals surface area contributed by atoms with Crippen molar-refractivity contribution in [3.05, 3.63) is 27.1 Å². The van der Waals surface area contributed by atoms with Crippen molar-refractivity contribution in [2.24, 2.45) is 0 Å². The molecule has 2 rings (SSSR count). The number of hydrogen-bond acceptors (Lipinski definition) is 2. The lowest BCUT2D eigenvalue weighted by atomic mass is 9.84. The van der Waals surface area contributed by atoms with Crippen LogP contribution in [-0.4, -0.2) is 14.0 Å². The molecular formula is C13H17Br2NO2S. The van der Waals surface area contributed by atoms with Gasteiger partial charge in [-0.3, -0.25) is 0 Å².